The van der Waals surface area contributed by atoms with Crippen LogP contribution in [0, 0.1) is 0 Å². The minimum atomic E-state index is -0.736. The molecule has 3 nitrogen and oxygen atoms in total. The van der Waals surface area contributed by atoms with E-state index in [2.05, 4.69) is 5.32 Å². The minimum Gasteiger partial charge on any atom is -0.481 e. The van der Waals surface area contributed by atoms with Crippen LogP contribution in [-0.2, 0) is 4.79 Å². The van der Waals surface area contributed by atoms with Crippen LogP contribution in [0.15, 0.2) is 11.6 Å². The van der Waals surface area contributed by atoms with E-state index < -0.39 is 5.97 Å². The maximum absolute atomic E-state index is 10.3. The van der Waals surface area contributed by atoms with Gasteiger partial charge in [-0.05, 0) is 32.4 Å². The lowest BCUT2D eigenvalue weighted by molar-refractivity contribution is -0.136. The van der Waals surface area contributed by atoms with E-state index in [0.29, 0.717) is 0 Å². The first-order valence-corrected chi connectivity index (χ1v) is 4.39. The molecule has 1 rings (SSSR count). The van der Waals surface area contributed by atoms with Crippen LogP contribution in [0.4, 0.5) is 0 Å². The van der Waals surface area contributed by atoms with Crippen LogP contribution in [0.25, 0.3) is 0 Å². The van der Waals surface area contributed by atoms with Crippen LogP contribution >= 0.6 is 12.4 Å². The topological polar surface area (TPSA) is 49.3 Å². The summed E-state index contributed by atoms with van der Waals surface area (Å²) in [5.74, 6) is -0.736. The molecule has 0 bridgehead atoms. The van der Waals surface area contributed by atoms with Crippen molar-refractivity contribution < 1.29 is 9.90 Å². The highest BCUT2D eigenvalue weighted by molar-refractivity contribution is 5.85. The summed E-state index contributed by atoms with van der Waals surface area (Å²) in [5, 5.41) is 11.7. The number of halogens is 1. The van der Waals surface area contributed by atoms with Crippen LogP contribution in [0.2, 0.25) is 0 Å². The van der Waals surface area contributed by atoms with Gasteiger partial charge in [0, 0.05) is 0 Å². The van der Waals surface area contributed by atoms with Gasteiger partial charge in [-0.2, -0.15) is 0 Å². The zero-order valence-corrected chi connectivity index (χ0v) is 8.40. The van der Waals surface area contributed by atoms with E-state index in [1.54, 1.807) is 0 Å². The molecule has 1 heterocycles. The van der Waals surface area contributed by atoms with E-state index in [4.69, 9.17) is 5.11 Å². The predicted molar refractivity (Wildman–Crippen MR) is 54.3 cm³/mol. The Bertz CT molecular complexity index is 182. The molecule has 4 heteroatoms. The Balaban J connectivity index is 0.00000144. The fourth-order valence-electron chi connectivity index (χ4n) is 1.38. The second-order valence-electron chi connectivity index (χ2n) is 3.06. The molecule has 1 fully saturated rings. The fourth-order valence-corrected chi connectivity index (χ4v) is 1.38. The lowest BCUT2D eigenvalue weighted by Gasteiger charge is -1.99. The molecular weight excluding hydrogens is 190 g/mol. The molecule has 0 atom stereocenters. The number of carboxylic acid groups (broad SMARTS) is 1. The highest BCUT2D eigenvalue weighted by atomic mass is 35.5. The summed E-state index contributed by atoms with van der Waals surface area (Å²) in [4.78, 5) is 10.3. The third-order valence-electron chi connectivity index (χ3n) is 2.04. The van der Waals surface area contributed by atoms with Gasteiger partial charge in [0.25, 0.3) is 0 Å². The molecule has 0 aromatic rings. The van der Waals surface area contributed by atoms with Gasteiger partial charge in [0.2, 0.25) is 0 Å². The van der Waals surface area contributed by atoms with Crippen LogP contribution in [0.5, 0.6) is 0 Å². The molecule has 0 radical (unpaired) electrons. The summed E-state index contributed by atoms with van der Waals surface area (Å²) < 4.78 is 0. The highest BCUT2D eigenvalue weighted by Gasteiger charge is 2.03. The van der Waals surface area contributed by atoms with Crippen molar-refractivity contribution in [1.82, 2.24) is 5.32 Å². The largest absolute Gasteiger partial charge is 0.481 e. The van der Waals surface area contributed by atoms with Crippen molar-refractivity contribution in [3.05, 3.63) is 11.6 Å². The smallest absolute Gasteiger partial charge is 0.307 e. The lowest BCUT2D eigenvalue weighted by Crippen LogP contribution is -2.13. The molecule has 0 aliphatic carbocycles. The third kappa shape index (κ3) is 5.66. The van der Waals surface area contributed by atoms with E-state index in [9.17, 15) is 4.79 Å². The Morgan fingerprint density at radius 3 is 2.92 bits per heavy atom. The summed E-state index contributed by atoms with van der Waals surface area (Å²) in [6.07, 6.45) is 5.23. The van der Waals surface area contributed by atoms with Gasteiger partial charge >= 0.3 is 5.97 Å². The summed E-state index contributed by atoms with van der Waals surface area (Å²) in [5.41, 5.74) is 1.29. The molecule has 76 valence electrons. The molecule has 2 N–H and O–H groups in total. The van der Waals surface area contributed by atoms with Gasteiger partial charge in [0.15, 0.2) is 0 Å². The number of rotatable bonds is 2. The number of hydrogen-bond donors (Lipinski definition) is 2. The van der Waals surface area contributed by atoms with Crippen molar-refractivity contribution in [2.75, 3.05) is 13.1 Å². The first-order valence-electron chi connectivity index (χ1n) is 4.39. The molecular formula is C9H16ClNO2. The predicted octanol–water partition coefficient (Wildman–Crippen LogP) is 1.58. The van der Waals surface area contributed by atoms with E-state index in [1.165, 1.54) is 5.57 Å². The molecule has 0 aromatic carbocycles. The van der Waals surface area contributed by atoms with Crippen molar-refractivity contribution in [1.29, 1.82) is 0 Å². The van der Waals surface area contributed by atoms with Crippen LogP contribution in [0.3, 0.4) is 0 Å². The summed E-state index contributed by atoms with van der Waals surface area (Å²) in [6, 6.07) is 0. The first-order chi connectivity index (χ1) is 5.79. The highest BCUT2D eigenvalue weighted by Crippen LogP contribution is 2.12. The molecule has 0 aromatic heterocycles. The first kappa shape index (κ1) is 12.5. The molecule has 0 saturated carbocycles. The van der Waals surface area contributed by atoms with Gasteiger partial charge in [0.1, 0.15) is 0 Å². The van der Waals surface area contributed by atoms with Gasteiger partial charge in [-0.25, -0.2) is 0 Å². The molecule has 1 aliphatic rings. The molecule has 13 heavy (non-hydrogen) atoms. The molecule has 0 unspecified atom stereocenters. The van der Waals surface area contributed by atoms with Crippen LogP contribution < -0.4 is 5.32 Å². The zero-order chi connectivity index (χ0) is 8.81. The minimum absolute atomic E-state index is 0. The molecule has 0 spiro atoms. The number of hydrogen-bond acceptors (Lipinski definition) is 2. The zero-order valence-electron chi connectivity index (χ0n) is 7.58. The monoisotopic (exact) mass is 205 g/mol. The van der Waals surface area contributed by atoms with Crippen LogP contribution in [0.1, 0.15) is 25.7 Å². The van der Waals surface area contributed by atoms with Gasteiger partial charge in [0.05, 0.1) is 6.42 Å². The van der Waals surface area contributed by atoms with Crippen molar-refractivity contribution >= 4 is 18.4 Å². The van der Waals surface area contributed by atoms with Crippen molar-refractivity contribution in [3.8, 4) is 0 Å². The maximum atomic E-state index is 10.3. The van der Waals surface area contributed by atoms with Gasteiger partial charge in [-0.1, -0.05) is 11.6 Å². The van der Waals surface area contributed by atoms with Crippen molar-refractivity contribution in [3.63, 3.8) is 0 Å². The number of carboxylic acids is 1. The van der Waals surface area contributed by atoms with E-state index in [-0.39, 0.29) is 18.8 Å². The Kier molecular flexibility index (Phi) is 6.63. The average molecular weight is 206 g/mol. The second kappa shape index (κ2) is 6.92. The lowest BCUT2D eigenvalue weighted by atomic mass is 10.1. The number of carbonyl (C=O) groups is 1. The van der Waals surface area contributed by atoms with Gasteiger partial charge < -0.3 is 10.4 Å². The third-order valence-corrected chi connectivity index (χ3v) is 2.04. The SMILES string of the molecule is Cl.O=C(O)C/C=C1/CCCNCC1. The Labute approximate surface area is 84.6 Å². The number of aliphatic carboxylic acids is 1. The molecule has 1 saturated heterocycles. The summed E-state index contributed by atoms with van der Waals surface area (Å²) in [6.45, 7) is 2.05. The van der Waals surface area contributed by atoms with Crippen LogP contribution in [-0.4, -0.2) is 24.2 Å². The van der Waals surface area contributed by atoms with Crippen molar-refractivity contribution in [2.24, 2.45) is 0 Å². The maximum Gasteiger partial charge on any atom is 0.307 e. The summed E-state index contributed by atoms with van der Waals surface area (Å²) >= 11 is 0. The normalized spacial score (nSPS) is 20.5. The number of nitrogens with one attached hydrogen (secondary N) is 1. The van der Waals surface area contributed by atoms with Gasteiger partial charge in [-0.3, -0.25) is 4.79 Å². The Morgan fingerprint density at radius 2 is 2.23 bits per heavy atom. The second-order valence-corrected chi connectivity index (χ2v) is 3.06. The van der Waals surface area contributed by atoms with Gasteiger partial charge in [-0.15, -0.1) is 12.4 Å². The summed E-state index contributed by atoms with van der Waals surface area (Å²) in [7, 11) is 0. The molecule has 1 aliphatic heterocycles. The molecule has 0 amide bonds. The van der Waals surface area contributed by atoms with E-state index in [0.717, 1.165) is 32.4 Å². The Hall–Kier alpha value is -0.540. The van der Waals surface area contributed by atoms with E-state index >= 15 is 0 Å². The standard InChI is InChI=1S/C9H15NO2.ClH/c11-9(12)4-3-8-2-1-6-10-7-5-8;/h3,10H,1-2,4-7H2,(H,11,12);1H/b8-3-;. The quantitative estimate of drug-likeness (QED) is 0.673. The van der Waals surface area contributed by atoms with E-state index in [1.807, 2.05) is 6.08 Å². The Morgan fingerprint density at radius 1 is 1.46 bits per heavy atom. The van der Waals surface area contributed by atoms with Crippen molar-refractivity contribution in [2.45, 2.75) is 25.7 Å². The fraction of sp³-hybridized carbons (Fsp3) is 0.667. The average Bonchev–Trinajstić information content (AvgIpc) is 2.28.